The molecule has 0 aromatic carbocycles. The normalized spacial score (nSPS) is 31.4. The van der Waals surface area contributed by atoms with Gasteiger partial charge in [-0.1, -0.05) is 6.92 Å². The second kappa shape index (κ2) is 4.25. The third-order valence-electron chi connectivity index (χ3n) is 5.02. The average Bonchev–Trinajstić information content (AvgIpc) is 2.88. The number of rotatable bonds is 0. The van der Waals surface area contributed by atoms with E-state index in [2.05, 4.69) is 22.5 Å². The first kappa shape index (κ1) is 12.3. The minimum atomic E-state index is -0.158. The number of hydrogen-bond donors (Lipinski definition) is 1. The van der Waals surface area contributed by atoms with E-state index in [1.165, 1.54) is 5.57 Å². The number of ether oxygens (including phenoxy) is 1. The molecule has 1 fully saturated rings. The summed E-state index contributed by atoms with van der Waals surface area (Å²) in [5, 5.41) is 11.8. The van der Waals surface area contributed by atoms with Gasteiger partial charge in [-0.15, -0.1) is 5.11 Å². The molecule has 3 heterocycles. The number of hydrogen-bond acceptors (Lipinski definition) is 5. The molecule has 1 saturated heterocycles. The summed E-state index contributed by atoms with van der Waals surface area (Å²) in [4.78, 5) is 12.7. The standard InChI is InChI=1S/C15H19N3O2/c1-9-6-11-13(12(19)7-9)15(2-4-20-5-3-15)10-8-16-18-14(10)17-11/h9,17H,2-8H2,1H3/t9-/m1/s1. The zero-order chi connectivity index (χ0) is 13.7. The Morgan fingerprint density at radius 3 is 2.90 bits per heavy atom. The minimum Gasteiger partial charge on any atom is -0.381 e. The lowest BCUT2D eigenvalue weighted by Crippen LogP contribution is -2.45. The molecule has 1 N–H and O–H groups in total. The minimum absolute atomic E-state index is 0.158. The first-order valence-corrected chi connectivity index (χ1v) is 7.43. The van der Waals surface area contributed by atoms with Gasteiger partial charge in [0.2, 0.25) is 0 Å². The highest BCUT2D eigenvalue weighted by molar-refractivity contribution is 5.99. The second-order valence-corrected chi connectivity index (χ2v) is 6.34. The van der Waals surface area contributed by atoms with Crippen LogP contribution in [0.25, 0.3) is 0 Å². The van der Waals surface area contributed by atoms with Gasteiger partial charge in [-0.3, -0.25) is 4.79 Å². The number of fused-ring (bicyclic) bond motifs is 2. The van der Waals surface area contributed by atoms with Crippen LogP contribution in [0.4, 0.5) is 0 Å². The Labute approximate surface area is 118 Å². The Balaban J connectivity index is 1.86. The number of nitrogens with zero attached hydrogens (tertiary/aromatic N) is 2. The van der Waals surface area contributed by atoms with E-state index < -0.39 is 0 Å². The predicted octanol–water partition coefficient (Wildman–Crippen LogP) is 2.32. The molecule has 1 aliphatic carbocycles. The third kappa shape index (κ3) is 1.56. The molecule has 0 unspecified atom stereocenters. The van der Waals surface area contributed by atoms with Crippen LogP contribution in [-0.4, -0.2) is 25.5 Å². The van der Waals surface area contributed by atoms with Crippen molar-refractivity contribution in [2.24, 2.45) is 21.6 Å². The van der Waals surface area contributed by atoms with Crippen LogP contribution in [-0.2, 0) is 9.53 Å². The Morgan fingerprint density at radius 1 is 1.30 bits per heavy atom. The molecule has 0 saturated carbocycles. The van der Waals surface area contributed by atoms with Gasteiger partial charge in [0.1, 0.15) is 0 Å². The second-order valence-electron chi connectivity index (χ2n) is 6.34. The Kier molecular flexibility index (Phi) is 2.61. The van der Waals surface area contributed by atoms with Crippen molar-refractivity contribution in [3.63, 3.8) is 0 Å². The molecule has 0 radical (unpaired) electrons. The van der Waals surface area contributed by atoms with Gasteiger partial charge in [0.25, 0.3) is 0 Å². The number of Topliss-reactive ketones (excluding diaryl/α,β-unsaturated/α-hetero) is 1. The molecule has 106 valence electrons. The Hall–Kier alpha value is -1.49. The maximum absolute atomic E-state index is 12.7. The predicted molar refractivity (Wildman–Crippen MR) is 72.8 cm³/mol. The highest BCUT2D eigenvalue weighted by Crippen LogP contribution is 2.53. The molecule has 1 spiro atoms. The fourth-order valence-electron chi connectivity index (χ4n) is 4.13. The van der Waals surface area contributed by atoms with Crippen LogP contribution in [0.2, 0.25) is 0 Å². The maximum Gasteiger partial charge on any atom is 0.161 e. The molecule has 1 atom stereocenters. The molecule has 5 nitrogen and oxygen atoms in total. The monoisotopic (exact) mass is 273 g/mol. The molecule has 3 aliphatic heterocycles. The van der Waals surface area contributed by atoms with Gasteiger partial charge in [-0.25, -0.2) is 0 Å². The van der Waals surface area contributed by atoms with Crippen LogP contribution < -0.4 is 5.32 Å². The molecule has 20 heavy (non-hydrogen) atoms. The van der Waals surface area contributed by atoms with Crippen LogP contribution in [0.15, 0.2) is 32.9 Å². The van der Waals surface area contributed by atoms with E-state index in [4.69, 9.17) is 4.74 Å². The summed E-state index contributed by atoms with van der Waals surface area (Å²) >= 11 is 0. The van der Waals surface area contributed by atoms with Crippen molar-refractivity contribution in [2.45, 2.75) is 32.6 Å². The first-order chi connectivity index (χ1) is 9.71. The molecule has 5 heteroatoms. The number of carbonyl (C=O) groups is 1. The zero-order valence-corrected chi connectivity index (χ0v) is 11.7. The molecule has 0 aromatic heterocycles. The highest BCUT2D eigenvalue weighted by Gasteiger charge is 2.50. The lowest BCUT2D eigenvalue weighted by Gasteiger charge is -2.45. The number of ketones is 1. The van der Waals surface area contributed by atoms with E-state index >= 15 is 0 Å². The summed E-state index contributed by atoms with van der Waals surface area (Å²) in [6.45, 7) is 4.20. The van der Waals surface area contributed by atoms with E-state index in [0.29, 0.717) is 24.7 Å². The molecular formula is C15H19N3O2. The summed E-state index contributed by atoms with van der Waals surface area (Å²) in [5.41, 5.74) is 3.16. The molecule has 0 bridgehead atoms. The topological polar surface area (TPSA) is 63.0 Å². The fourth-order valence-corrected chi connectivity index (χ4v) is 4.13. The van der Waals surface area contributed by atoms with Crippen molar-refractivity contribution in [3.8, 4) is 0 Å². The van der Waals surface area contributed by atoms with Crippen molar-refractivity contribution in [1.29, 1.82) is 0 Å². The SMILES string of the molecule is C[C@H]1CC(=O)C2=C(C1)NC1=C(CN=N1)C21CCOCC1. The van der Waals surface area contributed by atoms with E-state index in [0.717, 1.165) is 49.6 Å². The highest BCUT2D eigenvalue weighted by atomic mass is 16.5. The lowest BCUT2D eigenvalue weighted by atomic mass is 9.62. The van der Waals surface area contributed by atoms with E-state index in [1.807, 2.05) is 0 Å². The smallest absolute Gasteiger partial charge is 0.161 e. The van der Waals surface area contributed by atoms with Gasteiger partial charge in [0, 0.05) is 41.9 Å². The number of azo groups is 1. The largest absolute Gasteiger partial charge is 0.381 e. The molecular weight excluding hydrogens is 254 g/mol. The zero-order valence-electron chi connectivity index (χ0n) is 11.7. The number of dihydropyridines is 1. The van der Waals surface area contributed by atoms with Crippen molar-refractivity contribution in [1.82, 2.24) is 5.32 Å². The summed E-state index contributed by atoms with van der Waals surface area (Å²) in [7, 11) is 0. The quantitative estimate of drug-likeness (QED) is 0.736. The number of allylic oxidation sites excluding steroid dienone is 2. The van der Waals surface area contributed by atoms with Crippen molar-refractivity contribution >= 4 is 5.78 Å². The fraction of sp³-hybridized carbons (Fsp3) is 0.667. The van der Waals surface area contributed by atoms with Crippen molar-refractivity contribution in [3.05, 3.63) is 22.7 Å². The molecule has 0 aromatic rings. The van der Waals surface area contributed by atoms with Gasteiger partial charge >= 0.3 is 0 Å². The van der Waals surface area contributed by atoms with E-state index in [9.17, 15) is 4.79 Å². The molecule has 4 rings (SSSR count). The van der Waals surface area contributed by atoms with Crippen molar-refractivity contribution < 1.29 is 9.53 Å². The maximum atomic E-state index is 12.7. The number of nitrogens with one attached hydrogen (secondary N) is 1. The van der Waals surface area contributed by atoms with Gasteiger partial charge in [-0.05, 0) is 25.2 Å². The summed E-state index contributed by atoms with van der Waals surface area (Å²) < 4.78 is 5.54. The van der Waals surface area contributed by atoms with E-state index in [1.54, 1.807) is 0 Å². The van der Waals surface area contributed by atoms with Crippen LogP contribution in [0.5, 0.6) is 0 Å². The molecule has 0 amide bonds. The van der Waals surface area contributed by atoms with Crippen LogP contribution in [0.3, 0.4) is 0 Å². The average molecular weight is 273 g/mol. The van der Waals surface area contributed by atoms with E-state index in [-0.39, 0.29) is 5.41 Å². The van der Waals surface area contributed by atoms with Crippen LogP contribution in [0, 0.1) is 11.3 Å². The van der Waals surface area contributed by atoms with Gasteiger partial charge in [0.15, 0.2) is 11.6 Å². The van der Waals surface area contributed by atoms with Gasteiger partial charge < -0.3 is 10.1 Å². The summed E-state index contributed by atoms with van der Waals surface area (Å²) in [6, 6.07) is 0. The first-order valence-electron chi connectivity index (χ1n) is 7.43. The van der Waals surface area contributed by atoms with Crippen molar-refractivity contribution in [2.75, 3.05) is 19.8 Å². The van der Waals surface area contributed by atoms with Crippen LogP contribution >= 0.6 is 0 Å². The summed E-state index contributed by atoms with van der Waals surface area (Å²) in [6.07, 6.45) is 3.38. The lowest BCUT2D eigenvalue weighted by molar-refractivity contribution is -0.118. The third-order valence-corrected chi connectivity index (χ3v) is 5.02. The number of carbonyl (C=O) groups excluding carboxylic acids is 1. The van der Waals surface area contributed by atoms with Crippen LogP contribution in [0.1, 0.15) is 32.6 Å². The Bertz CT molecular complexity index is 568. The van der Waals surface area contributed by atoms with Gasteiger partial charge in [-0.2, -0.15) is 5.11 Å². The summed E-state index contributed by atoms with van der Waals surface area (Å²) in [5.74, 6) is 1.62. The Morgan fingerprint density at radius 2 is 2.10 bits per heavy atom. The molecule has 4 aliphatic rings. The van der Waals surface area contributed by atoms with Gasteiger partial charge in [0.05, 0.1) is 6.54 Å².